The number of carbonyl (C=O) groups excluding carboxylic acids is 1. The topological polar surface area (TPSA) is 61.3 Å². The summed E-state index contributed by atoms with van der Waals surface area (Å²) >= 11 is 0. The Morgan fingerprint density at radius 2 is 1.46 bits per heavy atom. The molecule has 1 aromatic heterocycles. The van der Waals surface area contributed by atoms with Crippen molar-refractivity contribution in [3.05, 3.63) is 82.3 Å². The second kappa shape index (κ2) is 14.9. The molecule has 1 heterocycles. The van der Waals surface area contributed by atoms with Crippen LogP contribution in [0.2, 0.25) is 18.1 Å². The van der Waals surface area contributed by atoms with E-state index in [9.17, 15) is 4.79 Å². The maximum absolute atomic E-state index is 11.8. The smallest absolute Gasteiger partial charge is 0.311 e. The number of nitrogens with zero attached hydrogens (tertiary/aromatic N) is 2. The van der Waals surface area contributed by atoms with Crippen molar-refractivity contribution in [2.45, 2.75) is 138 Å². The summed E-state index contributed by atoms with van der Waals surface area (Å²) in [6.07, 6.45) is 7.85. The van der Waals surface area contributed by atoms with Crippen molar-refractivity contribution in [1.82, 2.24) is 9.97 Å². The molecule has 3 rings (SSSR count). The maximum Gasteiger partial charge on any atom is 0.311 e. The highest BCUT2D eigenvalue weighted by atomic mass is 28.4. The first-order valence-electron chi connectivity index (χ1n) is 17.2. The highest BCUT2D eigenvalue weighted by Gasteiger charge is 2.41. The molecule has 0 aliphatic heterocycles. The van der Waals surface area contributed by atoms with Crippen LogP contribution in [0.15, 0.2) is 48.8 Å². The summed E-state index contributed by atoms with van der Waals surface area (Å²) < 4.78 is 12.0. The van der Waals surface area contributed by atoms with Crippen molar-refractivity contribution in [2.24, 2.45) is 5.41 Å². The molecule has 0 amide bonds. The molecule has 1 atom stereocenters. The van der Waals surface area contributed by atoms with Crippen molar-refractivity contribution in [3.63, 3.8) is 0 Å². The number of ether oxygens (including phenoxy) is 1. The van der Waals surface area contributed by atoms with E-state index in [2.05, 4.69) is 129 Å². The van der Waals surface area contributed by atoms with Gasteiger partial charge in [0.15, 0.2) is 8.32 Å². The van der Waals surface area contributed by atoms with Crippen LogP contribution in [0.3, 0.4) is 0 Å². The molecule has 0 N–H and O–H groups in total. The predicted molar refractivity (Wildman–Crippen MR) is 195 cm³/mol. The third-order valence-corrected chi connectivity index (χ3v) is 14.9. The second-order valence-electron chi connectivity index (χ2n) is 15.6. The van der Waals surface area contributed by atoms with Gasteiger partial charge in [-0.05, 0) is 97.8 Å². The maximum atomic E-state index is 11.8. The first-order chi connectivity index (χ1) is 21.4. The van der Waals surface area contributed by atoms with E-state index in [4.69, 9.17) is 9.16 Å². The zero-order valence-corrected chi connectivity index (χ0v) is 32.1. The van der Waals surface area contributed by atoms with Crippen molar-refractivity contribution in [2.75, 3.05) is 6.61 Å². The Bertz CT molecular complexity index is 1460. The average molecular weight is 645 g/mol. The molecule has 2 aromatic carbocycles. The molecule has 1 unspecified atom stereocenters. The number of aryl methyl sites for hydroxylation is 3. The zero-order valence-electron chi connectivity index (χ0n) is 31.1. The van der Waals surface area contributed by atoms with Gasteiger partial charge in [0.25, 0.3) is 0 Å². The van der Waals surface area contributed by atoms with E-state index in [1.54, 1.807) is 19.3 Å². The molecule has 0 saturated carbocycles. The lowest BCUT2D eigenvalue weighted by Crippen LogP contribution is -2.47. The van der Waals surface area contributed by atoms with Gasteiger partial charge in [-0.2, -0.15) is 0 Å². The summed E-state index contributed by atoms with van der Waals surface area (Å²) in [7, 11) is -1.88. The van der Waals surface area contributed by atoms with E-state index < -0.39 is 8.32 Å². The van der Waals surface area contributed by atoms with Crippen molar-refractivity contribution in [1.29, 1.82) is 0 Å². The van der Waals surface area contributed by atoms with Crippen molar-refractivity contribution >= 4 is 14.3 Å². The summed E-state index contributed by atoms with van der Waals surface area (Å²) in [5.74, 6) is -0.284. The first kappa shape index (κ1) is 37.6. The predicted octanol–water partition coefficient (Wildman–Crippen LogP) is 10.3. The van der Waals surface area contributed by atoms with Gasteiger partial charge in [0.1, 0.15) is 0 Å². The standard InChI is InChI=1S/C40H60N2O3Si/c1-14-40(15-2,32-20-21-34(29(5)24-32)35-27-41-33(26-42-35)25-37(43)44-16-3)31-19-17-30(28(4)23-31)18-22-36(38(6,7)8)45-46(12,13)39(9,10)11/h17,19-21,23-24,26-27,36H,14-16,18,22,25H2,1-13H3. The number of aromatic nitrogens is 2. The van der Waals surface area contributed by atoms with E-state index >= 15 is 0 Å². The van der Waals surface area contributed by atoms with Crippen LogP contribution in [0.25, 0.3) is 11.3 Å². The van der Waals surface area contributed by atoms with Gasteiger partial charge >= 0.3 is 5.97 Å². The van der Waals surface area contributed by atoms with Crippen LogP contribution in [-0.2, 0) is 32.2 Å². The normalized spacial score (nSPS) is 13.5. The lowest BCUT2D eigenvalue weighted by atomic mass is 9.69. The second-order valence-corrected chi connectivity index (χ2v) is 20.4. The minimum atomic E-state index is -1.88. The van der Waals surface area contributed by atoms with Gasteiger partial charge in [-0.3, -0.25) is 14.8 Å². The van der Waals surface area contributed by atoms with Crippen LogP contribution < -0.4 is 0 Å². The van der Waals surface area contributed by atoms with Gasteiger partial charge in [-0.1, -0.05) is 91.8 Å². The van der Waals surface area contributed by atoms with E-state index in [0.717, 1.165) is 36.9 Å². The van der Waals surface area contributed by atoms with Gasteiger partial charge < -0.3 is 9.16 Å². The average Bonchev–Trinajstić information content (AvgIpc) is 2.96. The van der Waals surface area contributed by atoms with Crippen LogP contribution in [0.1, 0.15) is 115 Å². The molecule has 0 aliphatic rings. The van der Waals surface area contributed by atoms with E-state index in [1.807, 2.05) is 0 Å². The molecule has 252 valence electrons. The van der Waals surface area contributed by atoms with E-state index in [1.165, 1.54) is 27.8 Å². The Hall–Kier alpha value is -2.83. The van der Waals surface area contributed by atoms with Crippen molar-refractivity contribution in [3.8, 4) is 11.3 Å². The molecule has 0 radical (unpaired) electrons. The number of carbonyl (C=O) groups is 1. The van der Waals surface area contributed by atoms with Gasteiger partial charge in [0.05, 0.1) is 36.7 Å². The molecule has 3 aromatic rings. The Morgan fingerprint density at radius 3 is 1.93 bits per heavy atom. The Balaban J connectivity index is 1.86. The number of benzene rings is 2. The summed E-state index contributed by atoms with van der Waals surface area (Å²) in [6.45, 7) is 29.9. The molecule has 0 saturated heterocycles. The van der Waals surface area contributed by atoms with Gasteiger partial charge in [-0.15, -0.1) is 0 Å². The van der Waals surface area contributed by atoms with Gasteiger partial charge in [0.2, 0.25) is 0 Å². The fraction of sp³-hybridized carbons (Fsp3) is 0.575. The Labute approximate surface area is 281 Å². The fourth-order valence-corrected chi connectivity index (χ4v) is 7.72. The number of hydrogen-bond donors (Lipinski definition) is 0. The highest BCUT2D eigenvalue weighted by Crippen LogP contribution is 2.42. The molecular weight excluding hydrogens is 585 g/mol. The largest absolute Gasteiger partial charge is 0.466 e. The van der Waals surface area contributed by atoms with E-state index in [-0.39, 0.29) is 34.4 Å². The molecule has 0 aliphatic carbocycles. The number of rotatable bonds is 13. The SMILES string of the molecule is CCOC(=O)Cc1cnc(-c2ccc(C(CC)(CC)c3ccc(CCC(O[Si](C)(C)C(C)(C)C)C(C)(C)C)c(C)c3)cc2C)cn1. The summed E-state index contributed by atoms with van der Waals surface area (Å²) in [5.41, 5.74) is 9.12. The molecule has 0 spiro atoms. The molecule has 0 fully saturated rings. The van der Waals surface area contributed by atoms with Crippen molar-refractivity contribution < 1.29 is 14.0 Å². The minimum absolute atomic E-state index is 0.0822. The third-order valence-electron chi connectivity index (χ3n) is 10.4. The monoisotopic (exact) mass is 644 g/mol. The zero-order chi connectivity index (χ0) is 34.5. The third kappa shape index (κ3) is 8.74. The first-order valence-corrected chi connectivity index (χ1v) is 20.1. The molecule has 5 nitrogen and oxygen atoms in total. The van der Waals surface area contributed by atoms with Crippen LogP contribution in [0.5, 0.6) is 0 Å². The van der Waals surface area contributed by atoms with Crippen LogP contribution in [0.4, 0.5) is 0 Å². The van der Waals surface area contributed by atoms with Crippen LogP contribution in [0, 0.1) is 19.3 Å². The minimum Gasteiger partial charge on any atom is -0.466 e. The van der Waals surface area contributed by atoms with Crippen LogP contribution >= 0.6 is 0 Å². The highest BCUT2D eigenvalue weighted by molar-refractivity contribution is 6.74. The Kier molecular flexibility index (Phi) is 12.2. The molecule has 46 heavy (non-hydrogen) atoms. The van der Waals surface area contributed by atoms with E-state index in [0.29, 0.717) is 12.3 Å². The summed E-state index contributed by atoms with van der Waals surface area (Å²) in [4.78, 5) is 21.0. The number of esters is 1. The van der Waals surface area contributed by atoms with Crippen LogP contribution in [-0.4, -0.2) is 37.0 Å². The molecule has 6 heteroatoms. The fourth-order valence-electron chi connectivity index (χ4n) is 6.19. The van der Waals surface area contributed by atoms with Gasteiger partial charge in [-0.25, -0.2) is 0 Å². The lowest BCUT2D eigenvalue weighted by molar-refractivity contribution is -0.142. The number of hydrogen-bond acceptors (Lipinski definition) is 5. The van der Waals surface area contributed by atoms with Gasteiger partial charge in [0, 0.05) is 17.2 Å². The summed E-state index contributed by atoms with van der Waals surface area (Å²) in [5, 5.41) is 0.192. The quantitative estimate of drug-likeness (QED) is 0.137. The lowest BCUT2D eigenvalue weighted by Gasteiger charge is -2.43. The molecule has 0 bridgehead atoms. The Morgan fingerprint density at radius 1 is 0.848 bits per heavy atom. The summed E-state index contributed by atoms with van der Waals surface area (Å²) in [6, 6.07) is 13.9. The molecular formula is C40H60N2O3Si.